The molecule has 0 aromatic rings. The van der Waals surface area contributed by atoms with Crippen LogP contribution in [0, 0.1) is 0 Å². The molecule has 144 valence electrons. The summed E-state index contributed by atoms with van der Waals surface area (Å²) in [5, 5.41) is 0. The minimum atomic E-state index is -0.195. The Labute approximate surface area is 149 Å². The predicted octanol–water partition coefficient (Wildman–Crippen LogP) is 5.28. The number of hydrogen-bond donors (Lipinski definition) is 0. The molecule has 0 N–H and O–H groups in total. The van der Waals surface area contributed by atoms with Gasteiger partial charge in [0, 0.05) is 13.5 Å². The molecule has 0 bridgehead atoms. The molecule has 2 unspecified atom stereocenters. The largest absolute Gasteiger partial charge is 0.460 e. The van der Waals surface area contributed by atoms with Gasteiger partial charge in [0.15, 0.2) is 0 Å². The molecule has 0 saturated heterocycles. The molecule has 0 rings (SSSR count). The first-order valence-corrected chi connectivity index (χ1v) is 9.90. The zero-order valence-corrected chi connectivity index (χ0v) is 16.5. The van der Waals surface area contributed by atoms with Crippen LogP contribution in [0.5, 0.6) is 0 Å². The van der Waals surface area contributed by atoms with Gasteiger partial charge in [0.2, 0.25) is 0 Å². The lowest BCUT2D eigenvalue weighted by Crippen LogP contribution is -2.25. The van der Waals surface area contributed by atoms with Crippen molar-refractivity contribution >= 4 is 5.97 Å². The molecule has 24 heavy (non-hydrogen) atoms. The van der Waals surface area contributed by atoms with Gasteiger partial charge >= 0.3 is 5.97 Å². The molecule has 0 aromatic carbocycles. The Balaban J connectivity index is 3.39. The van der Waals surface area contributed by atoms with Crippen LogP contribution in [-0.2, 0) is 19.0 Å². The molecule has 0 saturated carbocycles. The Morgan fingerprint density at radius 3 is 1.88 bits per heavy atom. The molecule has 0 aliphatic heterocycles. The van der Waals surface area contributed by atoms with E-state index in [-0.39, 0.29) is 18.2 Å². The highest BCUT2D eigenvalue weighted by Crippen LogP contribution is 2.11. The maximum atomic E-state index is 11.8. The fourth-order valence-electron chi connectivity index (χ4n) is 2.66. The number of unbranched alkanes of at least 4 members (excludes halogenated alkanes) is 9. The van der Waals surface area contributed by atoms with Crippen molar-refractivity contribution in [3.63, 3.8) is 0 Å². The van der Waals surface area contributed by atoms with Gasteiger partial charge in [-0.15, -0.1) is 0 Å². The van der Waals surface area contributed by atoms with Gasteiger partial charge in [-0.3, -0.25) is 4.79 Å². The molecular formula is C20H40O4. The van der Waals surface area contributed by atoms with Crippen LogP contribution < -0.4 is 0 Å². The van der Waals surface area contributed by atoms with Gasteiger partial charge in [0.05, 0.1) is 19.3 Å². The minimum absolute atomic E-state index is 0.0260. The number of esters is 1. The van der Waals surface area contributed by atoms with Gasteiger partial charge in [-0.05, 0) is 20.3 Å². The van der Waals surface area contributed by atoms with E-state index in [4.69, 9.17) is 14.2 Å². The van der Waals surface area contributed by atoms with Crippen LogP contribution >= 0.6 is 0 Å². The van der Waals surface area contributed by atoms with Crippen LogP contribution in [0.3, 0.4) is 0 Å². The lowest BCUT2D eigenvalue weighted by atomic mass is 10.1. The maximum Gasteiger partial charge on any atom is 0.306 e. The Kier molecular flexibility index (Phi) is 16.8. The van der Waals surface area contributed by atoms with Crippen LogP contribution in [0.15, 0.2) is 0 Å². The smallest absolute Gasteiger partial charge is 0.306 e. The normalized spacial score (nSPS) is 13.7. The second-order valence-electron chi connectivity index (χ2n) is 6.83. The molecular weight excluding hydrogens is 304 g/mol. The van der Waals surface area contributed by atoms with Crippen molar-refractivity contribution in [2.24, 2.45) is 0 Å². The van der Waals surface area contributed by atoms with E-state index in [0.717, 1.165) is 12.8 Å². The van der Waals surface area contributed by atoms with E-state index in [2.05, 4.69) is 6.92 Å². The van der Waals surface area contributed by atoms with Crippen LogP contribution in [0.4, 0.5) is 0 Å². The third kappa shape index (κ3) is 16.3. The summed E-state index contributed by atoms with van der Waals surface area (Å²) in [5.41, 5.74) is 0. The Bertz CT molecular complexity index is 281. The first kappa shape index (κ1) is 23.4. The molecule has 2 atom stereocenters. The topological polar surface area (TPSA) is 44.8 Å². The summed E-state index contributed by atoms with van der Waals surface area (Å²) in [5.74, 6) is -0.106. The van der Waals surface area contributed by atoms with Crippen molar-refractivity contribution in [3.05, 3.63) is 0 Å². The first-order valence-electron chi connectivity index (χ1n) is 9.90. The summed E-state index contributed by atoms with van der Waals surface area (Å²) in [6, 6.07) is 0. The molecule has 0 fully saturated rings. The molecule has 4 heteroatoms. The second kappa shape index (κ2) is 17.2. The van der Waals surface area contributed by atoms with Crippen molar-refractivity contribution in [2.75, 3.05) is 20.3 Å². The number of rotatable bonds is 17. The van der Waals surface area contributed by atoms with Crippen molar-refractivity contribution in [1.82, 2.24) is 0 Å². The monoisotopic (exact) mass is 344 g/mol. The number of carbonyl (C=O) groups excluding carboxylic acids is 1. The van der Waals surface area contributed by atoms with Crippen molar-refractivity contribution in [2.45, 2.75) is 104 Å². The Hall–Kier alpha value is -0.610. The third-order valence-corrected chi connectivity index (χ3v) is 4.08. The Morgan fingerprint density at radius 2 is 1.33 bits per heavy atom. The van der Waals surface area contributed by atoms with Gasteiger partial charge in [-0.2, -0.15) is 0 Å². The summed E-state index contributed by atoms with van der Waals surface area (Å²) < 4.78 is 15.9. The van der Waals surface area contributed by atoms with Crippen LogP contribution in [-0.4, -0.2) is 38.5 Å². The van der Waals surface area contributed by atoms with E-state index in [9.17, 15) is 4.79 Å². The highest BCUT2D eigenvalue weighted by Gasteiger charge is 2.11. The number of ether oxygens (including phenoxy) is 3. The standard InChI is InChI=1S/C20H40O4/c1-5-6-7-8-9-10-11-12-13-14-15-20(21)24-19(3)17-23-18(2)16-22-4/h18-19H,5-17H2,1-4H3. The van der Waals surface area contributed by atoms with Gasteiger partial charge in [0.1, 0.15) is 6.10 Å². The van der Waals surface area contributed by atoms with Crippen molar-refractivity contribution in [3.8, 4) is 0 Å². The SMILES string of the molecule is CCCCCCCCCCCCC(=O)OC(C)COC(C)COC. The molecule has 0 aliphatic rings. The fraction of sp³-hybridized carbons (Fsp3) is 0.950. The second-order valence-corrected chi connectivity index (χ2v) is 6.83. The number of methoxy groups -OCH3 is 1. The number of carbonyl (C=O) groups is 1. The Morgan fingerprint density at radius 1 is 0.792 bits per heavy atom. The lowest BCUT2D eigenvalue weighted by molar-refractivity contribution is -0.152. The van der Waals surface area contributed by atoms with Gasteiger partial charge in [-0.1, -0.05) is 64.7 Å². The fourth-order valence-corrected chi connectivity index (χ4v) is 2.66. The van der Waals surface area contributed by atoms with Gasteiger partial charge < -0.3 is 14.2 Å². The highest BCUT2D eigenvalue weighted by atomic mass is 16.6. The van der Waals surface area contributed by atoms with E-state index >= 15 is 0 Å². The lowest BCUT2D eigenvalue weighted by Gasteiger charge is -2.17. The summed E-state index contributed by atoms with van der Waals surface area (Å²) in [6.45, 7) is 7.05. The molecule has 0 amide bonds. The van der Waals surface area contributed by atoms with Crippen molar-refractivity contribution < 1.29 is 19.0 Å². The predicted molar refractivity (Wildman–Crippen MR) is 99.3 cm³/mol. The van der Waals surface area contributed by atoms with Crippen LogP contribution in [0.1, 0.15) is 91.4 Å². The maximum absolute atomic E-state index is 11.8. The average molecular weight is 345 g/mol. The summed E-state index contributed by atoms with van der Waals surface area (Å²) in [6.07, 6.45) is 13.1. The van der Waals surface area contributed by atoms with E-state index in [1.165, 1.54) is 51.4 Å². The molecule has 0 radical (unpaired) electrons. The zero-order chi connectivity index (χ0) is 18.0. The van der Waals surface area contributed by atoms with Crippen molar-refractivity contribution in [1.29, 1.82) is 0 Å². The molecule has 0 aliphatic carbocycles. The molecule has 0 heterocycles. The highest BCUT2D eigenvalue weighted by molar-refractivity contribution is 5.69. The minimum Gasteiger partial charge on any atom is -0.460 e. The van der Waals surface area contributed by atoms with Gasteiger partial charge in [0.25, 0.3) is 0 Å². The summed E-state index contributed by atoms with van der Waals surface area (Å²) in [4.78, 5) is 11.8. The zero-order valence-electron chi connectivity index (χ0n) is 16.5. The number of hydrogen-bond acceptors (Lipinski definition) is 4. The molecule has 0 spiro atoms. The first-order chi connectivity index (χ1) is 11.6. The van der Waals surface area contributed by atoms with E-state index < -0.39 is 0 Å². The van der Waals surface area contributed by atoms with E-state index in [1.807, 2.05) is 13.8 Å². The molecule has 4 nitrogen and oxygen atoms in total. The van der Waals surface area contributed by atoms with Crippen LogP contribution in [0.25, 0.3) is 0 Å². The van der Waals surface area contributed by atoms with Crippen LogP contribution in [0.2, 0.25) is 0 Å². The molecule has 0 aromatic heterocycles. The van der Waals surface area contributed by atoms with Gasteiger partial charge in [-0.25, -0.2) is 0 Å². The summed E-state index contributed by atoms with van der Waals surface area (Å²) >= 11 is 0. The average Bonchev–Trinajstić information content (AvgIpc) is 2.55. The summed E-state index contributed by atoms with van der Waals surface area (Å²) in [7, 11) is 1.65. The van der Waals surface area contributed by atoms with E-state index in [1.54, 1.807) is 7.11 Å². The third-order valence-electron chi connectivity index (χ3n) is 4.08. The van der Waals surface area contributed by atoms with E-state index in [0.29, 0.717) is 19.6 Å². The quantitative estimate of drug-likeness (QED) is 0.266.